The van der Waals surface area contributed by atoms with Gasteiger partial charge in [0.2, 0.25) is 0 Å². The molecule has 1 unspecified atom stereocenters. The molecule has 0 bridgehead atoms. The molecule has 0 aromatic heterocycles. The van der Waals surface area contributed by atoms with Crippen molar-refractivity contribution in [2.45, 2.75) is 45.9 Å². The van der Waals surface area contributed by atoms with E-state index in [1.807, 2.05) is 0 Å². The summed E-state index contributed by atoms with van der Waals surface area (Å²) in [4.78, 5) is 0. The van der Waals surface area contributed by atoms with Crippen LogP contribution in [0.15, 0.2) is 23.3 Å². The Morgan fingerprint density at radius 2 is 2.36 bits per heavy atom. The van der Waals surface area contributed by atoms with E-state index < -0.39 is 0 Å². The average Bonchev–Trinajstić information content (AvgIpc) is 2.35. The zero-order chi connectivity index (χ0) is 8.97. The van der Waals surface area contributed by atoms with Crippen LogP contribution in [0.5, 0.6) is 0 Å². The second kappa shape index (κ2) is 4.38. The van der Waals surface area contributed by atoms with E-state index in [4.69, 9.17) is 1.37 Å². The molecule has 0 radical (unpaired) electrons. The summed E-state index contributed by atoms with van der Waals surface area (Å²) in [6.07, 6.45) is 8.77. The molecule has 0 aliphatic heterocycles. The van der Waals surface area contributed by atoms with Crippen molar-refractivity contribution in [3.05, 3.63) is 23.3 Å². The Hall–Kier alpha value is -0.520. The third-order valence-corrected chi connectivity index (χ3v) is 2.20. The van der Waals surface area contributed by atoms with Gasteiger partial charge < -0.3 is 0 Å². The summed E-state index contributed by atoms with van der Waals surface area (Å²) in [5.41, 5.74) is 2.82. The lowest BCUT2D eigenvalue weighted by Gasteiger charge is -1.97. The van der Waals surface area contributed by atoms with Gasteiger partial charge in [0, 0.05) is 1.37 Å². The molecule has 0 saturated heterocycles. The molecule has 0 saturated carbocycles. The Morgan fingerprint density at radius 3 is 2.91 bits per heavy atom. The first-order chi connectivity index (χ1) is 5.75. The molecule has 0 aromatic carbocycles. The third-order valence-electron chi connectivity index (χ3n) is 2.20. The zero-order valence-corrected chi connectivity index (χ0v) is 7.56. The van der Waals surface area contributed by atoms with Crippen molar-refractivity contribution in [2.75, 3.05) is 0 Å². The predicted molar refractivity (Wildman–Crippen MR) is 50.6 cm³/mol. The molecule has 62 valence electrons. The number of rotatable bonds is 3. The maximum Gasteiger partial charge on any atom is 0.0313 e. The van der Waals surface area contributed by atoms with Gasteiger partial charge in [0.1, 0.15) is 0 Å². The van der Waals surface area contributed by atoms with E-state index in [0.717, 1.165) is 25.7 Å². The van der Waals surface area contributed by atoms with Crippen LogP contribution in [0.3, 0.4) is 0 Å². The Balaban J connectivity index is 2.49. The fourth-order valence-electron chi connectivity index (χ4n) is 1.43. The average molecular weight is 151 g/mol. The Labute approximate surface area is 71.4 Å². The molecule has 0 fully saturated rings. The van der Waals surface area contributed by atoms with Gasteiger partial charge in [-0.05, 0) is 39.0 Å². The van der Waals surface area contributed by atoms with Gasteiger partial charge in [-0.15, -0.1) is 0 Å². The van der Waals surface area contributed by atoms with E-state index in [1.165, 1.54) is 11.1 Å². The van der Waals surface area contributed by atoms with Crippen molar-refractivity contribution in [3.63, 3.8) is 0 Å². The van der Waals surface area contributed by atoms with Crippen LogP contribution in [0.1, 0.15) is 47.3 Å². The molecular formula is C11H18. The van der Waals surface area contributed by atoms with Crippen LogP contribution in [0.25, 0.3) is 0 Å². The number of allylic oxidation sites excluding steroid dienone is 4. The van der Waals surface area contributed by atoms with Gasteiger partial charge >= 0.3 is 0 Å². The quantitative estimate of drug-likeness (QED) is 0.537. The summed E-state index contributed by atoms with van der Waals surface area (Å²) < 4.78 is 7.76. The highest BCUT2D eigenvalue weighted by atomic mass is 14.1. The third kappa shape index (κ3) is 2.53. The summed E-state index contributed by atoms with van der Waals surface area (Å²) in [5, 5.41) is 0. The normalized spacial score (nSPS) is 26.7. The van der Waals surface area contributed by atoms with E-state index >= 15 is 0 Å². The lowest BCUT2D eigenvalue weighted by molar-refractivity contribution is 0.883. The van der Waals surface area contributed by atoms with E-state index in [-0.39, 0.29) is 6.40 Å². The monoisotopic (exact) mass is 151 g/mol. The van der Waals surface area contributed by atoms with Crippen LogP contribution in [0.2, 0.25) is 0 Å². The first-order valence-corrected chi connectivity index (χ1v) is 4.51. The van der Waals surface area contributed by atoms with Gasteiger partial charge in [0.05, 0.1) is 0 Å². The van der Waals surface area contributed by atoms with Gasteiger partial charge in [0.25, 0.3) is 0 Å². The van der Waals surface area contributed by atoms with Crippen LogP contribution in [-0.4, -0.2) is 0 Å². The molecule has 0 heterocycles. The first-order valence-electron chi connectivity index (χ1n) is 5.09. The van der Waals surface area contributed by atoms with Crippen molar-refractivity contribution in [2.24, 2.45) is 0 Å². The molecule has 1 rings (SSSR count). The highest BCUT2D eigenvalue weighted by Crippen LogP contribution is 2.27. The first kappa shape index (κ1) is 7.15. The number of hydrogen-bond acceptors (Lipinski definition) is 0. The van der Waals surface area contributed by atoms with E-state index in [2.05, 4.69) is 26.0 Å². The van der Waals surface area contributed by atoms with Crippen molar-refractivity contribution in [1.82, 2.24) is 0 Å². The molecular weight excluding hydrogens is 132 g/mol. The fourth-order valence-corrected chi connectivity index (χ4v) is 1.43. The van der Waals surface area contributed by atoms with Crippen molar-refractivity contribution >= 4 is 0 Å². The van der Waals surface area contributed by atoms with Gasteiger partial charge in [-0.1, -0.05) is 30.2 Å². The standard InChI is InChI=1S/C11H18/c1-3-4-5-8-11-9-6-7-10(11)2/h4-5H,3,6-9H2,1-2H3/b5-4-/i9D. The highest BCUT2D eigenvalue weighted by Gasteiger charge is 2.07. The summed E-state index contributed by atoms with van der Waals surface area (Å²) in [6.45, 7) is 4.31. The molecule has 1 atom stereocenters. The molecule has 0 spiro atoms. The summed E-state index contributed by atoms with van der Waals surface area (Å²) in [6, 6.07) is 0. The van der Waals surface area contributed by atoms with Crippen LogP contribution >= 0.6 is 0 Å². The highest BCUT2D eigenvalue weighted by molar-refractivity contribution is 5.19. The summed E-state index contributed by atoms with van der Waals surface area (Å²) >= 11 is 0. The van der Waals surface area contributed by atoms with E-state index in [1.54, 1.807) is 0 Å². The second-order valence-corrected chi connectivity index (χ2v) is 3.13. The van der Waals surface area contributed by atoms with Crippen LogP contribution in [-0.2, 0) is 0 Å². The van der Waals surface area contributed by atoms with Crippen LogP contribution < -0.4 is 0 Å². The molecule has 0 amide bonds. The van der Waals surface area contributed by atoms with Crippen LogP contribution in [0.4, 0.5) is 0 Å². The topological polar surface area (TPSA) is 0 Å². The minimum atomic E-state index is 0.0894. The molecule has 0 N–H and O–H groups in total. The zero-order valence-electron chi connectivity index (χ0n) is 8.56. The molecule has 0 aromatic rings. The van der Waals surface area contributed by atoms with Gasteiger partial charge in [-0.3, -0.25) is 0 Å². The molecule has 1 aliphatic rings. The molecule has 1 aliphatic carbocycles. The Morgan fingerprint density at radius 1 is 1.55 bits per heavy atom. The van der Waals surface area contributed by atoms with Crippen LogP contribution in [0, 0.1) is 0 Å². The maximum absolute atomic E-state index is 7.76. The molecule has 0 nitrogen and oxygen atoms in total. The molecule has 0 heteroatoms. The SMILES string of the molecule is [2H]C1CCC(C)=C1C/C=C\CC. The largest absolute Gasteiger partial charge is 0.0885 e. The second-order valence-electron chi connectivity index (χ2n) is 3.13. The number of hydrogen-bond donors (Lipinski definition) is 0. The van der Waals surface area contributed by atoms with Crippen molar-refractivity contribution in [1.29, 1.82) is 0 Å². The minimum absolute atomic E-state index is 0.0894. The molecule has 11 heavy (non-hydrogen) atoms. The smallest absolute Gasteiger partial charge is 0.0313 e. The van der Waals surface area contributed by atoms with Crippen molar-refractivity contribution in [3.8, 4) is 0 Å². The maximum atomic E-state index is 7.76. The lowest BCUT2D eigenvalue weighted by Crippen LogP contribution is -1.76. The lowest BCUT2D eigenvalue weighted by atomic mass is 10.1. The van der Waals surface area contributed by atoms with Gasteiger partial charge in [0.15, 0.2) is 0 Å². The van der Waals surface area contributed by atoms with Gasteiger partial charge in [-0.2, -0.15) is 0 Å². The van der Waals surface area contributed by atoms with E-state index in [0.29, 0.717) is 0 Å². The minimum Gasteiger partial charge on any atom is -0.0885 e. The van der Waals surface area contributed by atoms with E-state index in [9.17, 15) is 0 Å². The fraction of sp³-hybridized carbons (Fsp3) is 0.636. The summed E-state index contributed by atoms with van der Waals surface area (Å²) in [5.74, 6) is 0. The Kier molecular flexibility index (Phi) is 2.84. The van der Waals surface area contributed by atoms with Gasteiger partial charge in [-0.25, -0.2) is 0 Å². The van der Waals surface area contributed by atoms with Crippen molar-refractivity contribution < 1.29 is 1.37 Å². The predicted octanol–water partition coefficient (Wildman–Crippen LogP) is 3.84. The summed E-state index contributed by atoms with van der Waals surface area (Å²) in [7, 11) is 0. The Bertz CT molecular complexity index is 201.